The SMILES string of the molecule is S=C(Nc1nc(N2Cc3ccccc3C2)cc(N2Cc3ccccc3C2)n1)NC1CC1. The van der Waals surface area contributed by atoms with Gasteiger partial charge in [0.15, 0.2) is 5.11 Å². The van der Waals surface area contributed by atoms with Gasteiger partial charge in [-0.1, -0.05) is 48.5 Å². The zero-order valence-electron chi connectivity index (χ0n) is 17.2. The number of hydrogen-bond donors (Lipinski definition) is 2. The molecule has 156 valence electrons. The molecule has 2 N–H and O–H groups in total. The standard InChI is InChI=1S/C24H24N6S/c31-24(25-20-9-10-20)28-23-26-21(29-12-16-5-1-2-6-17(16)13-29)11-22(27-23)30-14-18-7-3-4-8-19(18)15-30/h1-8,11,20H,9-10,12-15H2,(H2,25,26,27,28,31). The van der Waals surface area contributed by atoms with E-state index in [0.29, 0.717) is 17.1 Å². The molecule has 6 nitrogen and oxygen atoms in total. The highest BCUT2D eigenvalue weighted by Crippen LogP contribution is 2.32. The lowest BCUT2D eigenvalue weighted by molar-refractivity contribution is 0.827. The summed E-state index contributed by atoms with van der Waals surface area (Å²) >= 11 is 5.49. The third-order valence-electron chi connectivity index (χ3n) is 6.17. The van der Waals surface area contributed by atoms with Crippen LogP contribution in [0.5, 0.6) is 0 Å². The van der Waals surface area contributed by atoms with E-state index in [2.05, 4.69) is 75.0 Å². The lowest BCUT2D eigenvalue weighted by Gasteiger charge is -2.22. The van der Waals surface area contributed by atoms with Crippen molar-refractivity contribution in [2.24, 2.45) is 0 Å². The first-order valence-electron chi connectivity index (χ1n) is 10.8. The molecule has 2 aliphatic heterocycles. The van der Waals surface area contributed by atoms with Crippen LogP contribution in [0.4, 0.5) is 17.6 Å². The first-order valence-corrected chi connectivity index (χ1v) is 11.2. The summed E-state index contributed by atoms with van der Waals surface area (Å²) in [6.07, 6.45) is 2.35. The Labute approximate surface area is 187 Å². The van der Waals surface area contributed by atoms with E-state index < -0.39 is 0 Å². The second-order valence-electron chi connectivity index (χ2n) is 8.53. The molecule has 0 atom stereocenters. The molecule has 0 saturated heterocycles. The van der Waals surface area contributed by atoms with Crippen molar-refractivity contribution in [3.05, 3.63) is 76.9 Å². The normalized spacial score (nSPS) is 16.8. The second kappa shape index (κ2) is 7.50. The molecule has 1 aliphatic carbocycles. The summed E-state index contributed by atoms with van der Waals surface area (Å²) in [6.45, 7) is 3.43. The minimum absolute atomic E-state index is 0.490. The van der Waals surface area contributed by atoms with E-state index in [4.69, 9.17) is 22.2 Å². The van der Waals surface area contributed by atoms with E-state index in [0.717, 1.165) is 37.8 Å². The molecule has 31 heavy (non-hydrogen) atoms. The highest BCUT2D eigenvalue weighted by molar-refractivity contribution is 7.80. The Morgan fingerprint density at radius 2 is 1.23 bits per heavy atom. The zero-order chi connectivity index (χ0) is 20.8. The third kappa shape index (κ3) is 3.81. The summed E-state index contributed by atoms with van der Waals surface area (Å²) in [5.74, 6) is 2.40. The molecule has 1 saturated carbocycles. The summed E-state index contributed by atoms with van der Waals surface area (Å²) in [4.78, 5) is 14.3. The molecule has 1 fully saturated rings. The molecule has 3 heterocycles. The number of fused-ring (bicyclic) bond motifs is 2. The summed E-state index contributed by atoms with van der Waals surface area (Å²) in [5.41, 5.74) is 5.43. The second-order valence-corrected chi connectivity index (χ2v) is 8.94. The van der Waals surface area contributed by atoms with Gasteiger partial charge >= 0.3 is 0 Å². The predicted molar refractivity (Wildman–Crippen MR) is 127 cm³/mol. The number of aromatic nitrogens is 2. The first kappa shape index (κ1) is 18.6. The van der Waals surface area contributed by atoms with Crippen molar-refractivity contribution < 1.29 is 0 Å². The Morgan fingerprint density at radius 3 is 1.65 bits per heavy atom. The van der Waals surface area contributed by atoms with Crippen molar-refractivity contribution in [2.45, 2.75) is 45.1 Å². The number of hydrogen-bond acceptors (Lipinski definition) is 5. The van der Waals surface area contributed by atoms with E-state index in [1.165, 1.54) is 35.1 Å². The van der Waals surface area contributed by atoms with Gasteiger partial charge in [0.1, 0.15) is 11.6 Å². The molecular formula is C24H24N6S. The molecule has 3 aliphatic rings. The van der Waals surface area contributed by atoms with Gasteiger partial charge in [-0.2, -0.15) is 9.97 Å². The molecule has 0 amide bonds. The van der Waals surface area contributed by atoms with Crippen LogP contribution in [0.2, 0.25) is 0 Å². The number of benzene rings is 2. The molecule has 0 bridgehead atoms. The van der Waals surface area contributed by atoms with Crippen LogP contribution in [0, 0.1) is 0 Å². The molecule has 0 radical (unpaired) electrons. The van der Waals surface area contributed by atoms with Crippen LogP contribution in [0.15, 0.2) is 54.6 Å². The Balaban J connectivity index is 1.31. The van der Waals surface area contributed by atoms with Crippen LogP contribution in [0.25, 0.3) is 0 Å². The van der Waals surface area contributed by atoms with Crippen molar-refractivity contribution in [2.75, 3.05) is 15.1 Å². The summed E-state index contributed by atoms with van der Waals surface area (Å²) in [6, 6.07) is 19.8. The average molecular weight is 429 g/mol. The molecule has 3 aromatic rings. The van der Waals surface area contributed by atoms with Crippen LogP contribution in [-0.4, -0.2) is 21.1 Å². The maximum atomic E-state index is 5.49. The van der Waals surface area contributed by atoms with Gasteiger partial charge in [-0.3, -0.25) is 0 Å². The lowest BCUT2D eigenvalue weighted by Crippen LogP contribution is -2.31. The topological polar surface area (TPSA) is 56.3 Å². The van der Waals surface area contributed by atoms with Gasteiger partial charge in [-0.25, -0.2) is 0 Å². The van der Waals surface area contributed by atoms with Crippen LogP contribution in [-0.2, 0) is 26.2 Å². The van der Waals surface area contributed by atoms with E-state index in [-0.39, 0.29) is 0 Å². The number of nitrogens with one attached hydrogen (secondary N) is 2. The summed E-state index contributed by atoms with van der Waals surface area (Å²) < 4.78 is 0. The van der Waals surface area contributed by atoms with E-state index >= 15 is 0 Å². The minimum Gasteiger partial charge on any atom is -0.360 e. The predicted octanol–water partition coefficient (Wildman–Crippen LogP) is 3.97. The molecule has 0 spiro atoms. The molecule has 1 aromatic heterocycles. The van der Waals surface area contributed by atoms with Crippen molar-refractivity contribution in [3.63, 3.8) is 0 Å². The fourth-order valence-corrected chi connectivity index (χ4v) is 4.60. The third-order valence-corrected chi connectivity index (χ3v) is 6.39. The number of thiocarbonyl (C=S) groups is 1. The quantitative estimate of drug-likeness (QED) is 0.610. The largest absolute Gasteiger partial charge is 0.360 e. The van der Waals surface area contributed by atoms with Crippen LogP contribution >= 0.6 is 12.2 Å². The summed E-state index contributed by atoms with van der Waals surface area (Å²) in [5, 5.41) is 7.15. The first-order chi connectivity index (χ1) is 15.2. The Morgan fingerprint density at radius 1 is 0.774 bits per heavy atom. The fourth-order valence-electron chi connectivity index (χ4n) is 4.34. The fraction of sp³-hybridized carbons (Fsp3) is 0.292. The lowest BCUT2D eigenvalue weighted by atomic mass is 10.1. The van der Waals surface area contributed by atoms with Crippen molar-refractivity contribution in [1.29, 1.82) is 0 Å². The minimum atomic E-state index is 0.490. The van der Waals surface area contributed by atoms with Gasteiger partial charge in [0, 0.05) is 38.3 Å². The molecule has 2 aromatic carbocycles. The van der Waals surface area contributed by atoms with Gasteiger partial charge in [-0.05, 0) is 47.3 Å². The molecule has 6 rings (SSSR count). The van der Waals surface area contributed by atoms with Crippen molar-refractivity contribution in [3.8, 4) is 0 Å². The Kier molecular flexibility index (Phi) is 4.49. The van der Waals surface area contributed by atoms with Gasteiger partial charge in [0.25, 0.3) is 0 Å². The van der Waals surface area contributed by atoms with Gasteiger partial charge in [0.05, 0.1) is 0 Å². The van der Waals surface area contributed by atoms with E-state index in [9.17, 15) is 0 Å². The van der Waals surface area contributed by atoms with Gasteiger partial charge < -0.3 is 20.4 Å². The van der Waals surface area contributed by atoms with Crippen LogP contribution in [0.1, 0.15) is 35.1 Å². The van der Waals surface area contributed by atoms with Gasteiger partial charge in [-0.15, -0.1) is 0 Å². The van der Waals surface area contributed by atoms with E-state index in [1.54, 1.807) is 0 Å². The van der Waals surface area contributed by atoms with Crippen molar-refractivity contribution in [1.82, 2.24) is 15.3 Å². The maximum Gasteiger partial charge on any atom is 0.232 e. The zero-order valence-corrected chi connectivity index (χ0v) is 18.0. The van der Waals surface area contributed by atoms with Crippen LogP contribution < -0.4 is 20.4 Å². The smallest absolute Gasteiger partial charge is 0.232 e. The average Bonchev–Trinajstić information content (AvgIpc) is 3.32. The number of nitrogens with zero attached hydrogens (tertiary/aromatic N) is 4. The maximum absolute atomic E-state index is 5.49. The monoisotopic (exact) mass is 428 g/mol. The highest BCUT2D eigenvalue weighted by Gasteiger charge is 2.26. The molecular weight excluding hydrogens is 404 g/mol. The number of anilines is 3. The van der Waals surface area contributed by atoms with Crippen molar-refractivity contribution >= 4 is 34.9 Å². The van der Waals surface area contributed by atoms with Gasteiger partial charge in [0.2, 0.25) is 5.95 Å². The molecule has 0 unspecified atom stereocenters. The van der Waals surface area contributed by atoms with E-state index in [1.807, 2.05) is 0 Å². The number of rotatable bonds is 4. The highest BCUT2D eigenvalue weighted by atomic mass is 32.1. The molecule has 7 heteroatoms. The Hall–Kier alpha value is -3.19. The Bertz CT molecular complexity index is 1030. The summed E-state index contributed by atoms with van der Waals surface area (Å²) in [7, 11) is 0. The van der Waals surface area contributed by atoms with Crippen LogP contribution in [0.3, 0.4) is 0 Å².